The number of para-hydroxylation sites is 1. The van der Waals surface area contributed by atoms with Crippen LogP contribution in [0.25, 0.3) is 0 Å². The summed E-state index contributed by atoms with van der Waals surface area (Å²) in [5, 5.41) is 0. The van der Waals surface area contributed by atoms with Crippen molar-refractivity contribution in [3.63, 3.8) is 0 Å². The van der Waals surface area contributed by atoms with Crippen LogP contribution in [0.5, 0.6) is 5.75 Å². The minimum atomic E-state index is -3.72. The Kier molecular flexibility index (Phi) is 6.06. The van der Waals surface area contributed by atoms with Crippen molar-refractivity contribution in [1.29, 1.82) is 0 Å². The number of hydrogen-bond donors (Lipinski definition) is 1. The Balaban J connectivity index is 1.36. The topological polar surface area (TPSA) is 75.7 Å². The molecule has 0 aromatic heterocycles. The van der Waals surface area contributed by atoms with Crippen LogP contribution in [0.3, 0.4) is 0 Å². The van der Waals surface area contributed by atoms with E-state index in [1.165, 1.54) is 12.1 Å². The maximum Gasteiger partial charge on any atom is 0.257 e. The predicted octanol–water partition coefficient (Wildman–Crippen LogP) is 3.34. The van der Waals surface area contributed by atoms with Crippen LogP contribution in [0, 0.1) is 5.82 Å². The molecule has 0 spiro atoms. The Hall–Kier alpha value is -2.45. The zero-order chi connectivity index (χ0) is 21.1. The summed E-state index contributed by atoms with van der Waals surface area (Å²) in [5.41, 5.74) is 0.551. The van der Waals surface area contributed by atoms with E-state index >= 15 is 0 Å². The van der Waals surface area contributed by atoms with Crippen LogP contribution in [-0.2, 0) is 10.0 Å². The number of piperidine rings is 1. The first-order valence-electron chi connectivity index (χ1n) is 10.3. The smallest absolute Gasteiger partial charge is 0.257 e. The number of likely N-dealkylation sites (tertiary alicyclic amines) is 1. The van der Waals surface area contributed by atoms with Crippen molar-refractivity contribution in [2.75, 3.05) is 13.1 Å². The molecule has 0 unspecified atom stereocenters. The van der Waals surface area contributed by atoms with Gasteiger partial charge in [-0.1, -0.05) is 12.1 Å². The van der Waals surface area contributed by atoms with Gasteiger partial charge in [0.25, 0.3) is 5.91 Å². The van der Waals surface area contributed by atoms with Gasteiger partial charge in [0.1, 0.15) is 11.6 Å². The highest BCUT2D eigenvalue weighted by atomic mass is 32.2. The van der Waals surface area contributed by atoms with Gasteiger partial charge in [0, 0.05) is 19.1 Å². The zero-order valence-electron chi connectivity index (χ0n) is 16.6. The normalized spacial score (nSPS) is 18.1. The molecule has 1 N–H and O–H groups in total. The number of carbonyl (C=O) groups excluding carboxylic acids is 1. The van der Waals surface area contributed by atoms with Crippen molar-refractivity contribution in [3.8, 4) is 5.75 Å². The van der Waals surface area contributed by atoms with Crippen molar-refractivity contribution in [1.82, 2.24) is 9.62 Å². The first kappa shape index (κ1) is 20.8. The quantitative estimate of drug-likeness (QED) is 0.760. The fourth-order valence-electron chi connectivity index (χ4n) is 3.69. The Morgan fingerprint density at radius 3 is 2.30 bits per heavy atom. The van der Waals surface area contributed by atoms with Gasteiger partial charge in [-0.2, -0.15) is 0 Å². The van der Waals surface area contributed by atoms with Gasteiger partial charge in [-0.15, -0.1) is 0 Å². The molecule has 0 radical (unpaired) electrons. The third kappa shape index (κ3) is 4.65. The van der Waals surface area contributed by atoms with Gasteiger partial charge in [-0.05, 0) is 68.5 Å². The molecule has 2 fully saturated rings. The lowest BCUT2D eigenvalue weighted by atomic mass is 9.96. The predicted molar refractivity (Wildman–Crippen MR) is 110 cm³/mol. The molecule has 6 nitrogen and oxygen atoms in total. The molecule has 1 aliphatic carbocycles. The molecule has 8 heteroatoms. The summed E-state index contributed by atoms with van der Waals surface area (Å²) in [6.45, 7) is 0.903. The molecule has 1 saturated heterocycles. The van der Waals surface area contributed by atoms with E-state index in [9.17, 15) is 17.6 Å². The molecular weight excluding hydrogens is 407 g/mol. The number of carbonyl (C=O) groups is 1. The van der Waals surface area contributed by atoms with Crippen molar-refractivity contribution in [2.24, 2.45) is 0 Å². The molecule has 2 aliphatic rings. The molecule has 1 aliphatic heterocycles. The van der Waals surface area contributed by atoms with E-state index in [0.29, 0.717) is 37.2 Å². The van der Waals surface area contributed by atoms with E-state index in [1.807, 2.05) is 18.2 Å². The highest BCUT2D eigenvalue weighted by molar-refractivity contribution is 7.89. The van der Waals surface area contributed by atoms with Gasteiger partial charge in [0.15, 0.2) is 0 Å². The second-order valence-corrected chi connectivity index (χ2v) is 9.52. The van der Waals surface area contributed by atoms with Crippen LogP contribution >= 0.6 is 0 Å². The number of rotatable bonds is 6. The van der Waals surface area contributed by atoms with E-state index in [4.69, 9.17) is 4.74 Å². The molecule has 0 bridgehead atoms. The Bertz CT molecular complexity index is 998. The summed E-state index contributed by atoms with van der Waals surface area (Å²) in [5.74, 6) is 0.0402. The van der Waals surface area contributed by atoms with Gasteiger partial charge in [-0.25, -0.2) is 17.5 Å². The van der Waals surface area contributed by atoms with Crippen LogP contribution in [0.1, 0.15) is 42.5 Å². The maximum absolute atomic E-state index is 13.1. The third-order valence-electron chi connectivity index (χ3n) is 5.69. The van der Waals surface area contributed by atoms with E-state index in [1.54, 1.807) is 11.0 Å². The number of nitrogens with zero attached hydrogens (tertiary/aromatic N) is 1. The summed E-state index contributed by atoms with van der Waals surface area (Å²) < 4.78 is 46.7. The van der Waals surface area contributed by atoms with Crippen LogP contribution in [-0.4, -0.2) is 44.5 Å². The second kappa shape index (κ2) is 8.73. The van der Waals surface area contributed by atoms with E-state index in [0.717, 1.165) is 31.4 Å². The first-order valence-corrected chi connectivity index (χ1v) is 11.7. The lowest BCUT2D eigenvalue weighted by molar-refractivity contribution is 0.0694. The Labute approximate surface area is 176 Å². The first-order chi connectivity index (χ1) is 14.4. The molecule has 1 heterocycles. The summed E-state index contributed by atoms with van der Waals surface area (Å²) >= 11 is 0. The van der Waals surface area contributed by atoms with Crippen LogP contribution in [0.15, 0.2) is 53.4 Å². The molecule has 160 valence electrons. The fourth-order valence-corrected chi connectivity index (χ4v) is 4.99. The van der Waals surface area contributed by atoms with Crippen molar-refractivity contribution >= 4 is 15.9 Å². The average Bonchev–Trinajstić information content (AvgIpc) is 2.71. The minimum absolute atomic E-state index is 0.0319. The molecule has 1 amide bonds. The van der Waals surface area contributed by atoms with Crippen LogP contribution in [0.4, 0.5) is 4.39 Å². The highest BCUT2D eigenvalue weighted by Crippen LogP contribution is 2.29. The van der Waals surface area contributed by atoms with Crippen molar-refractivity contribution < 1.29 is 22.3 Å². The average molecular weight is 433 g/mol. The number of ether oxygens (including phenoxy) is 1. The van der Waals surface area contributed by atoms with Gasteiger partial charge in [0.05, 0.1) is 16.6 Å². The largest absolute Gasteiger partial charge is 0.490 e. The maximum atomic E-state index is 13.1. The van der Waals surface area contributed by atoms with Crippen LogP contribution < -0.4 is 9.46 Å². The molecule has 1 saturated carbocycles. The van der Waals surface area contributed by atoms with Gasteiger partial charge >= 0.3 is 0 Å². The summed E-state index contributed by atoms with van der Waals surface area (Å²) in [4.78, 5) is 14.8. The monoisotopic (exact) mass is 432 g/mol. The van der Waals surface area contributed by atoms with E-state index in [-0.39, 0.29) is 22.9 Å². The number of hydrogen-bond acceptors (Lipinski definition) is 4. The van der Waals surface area contributed by atoms with E-state index < -0.39 is 15.8 Å². The minimum Gasteiger partial charge on any atom is -0.490 e. The van der Waals surface area contributed by atoms with Gasteiger partial charge in [0.2, 0.25) is 10.0 Å². The fraction of sp³-hybridized carbons (Fsp3) is 0.409. The molecule has 0 atom stereocenters. The standard InChI is InChI=1S/C22H25FN2O4S/c23-16-8-10-19(11-9-16)30(27,28)24-17-12-14-25(15-13-17)22(26)20-6-1-2-7-21(20)29-18-4-3-5-18/h1-2,6-11,17-18,24H,3-5,12-15H2. The van der Waals surface area contributed by atoms with Crippen molar-refractivity contribution in [3.05, 3.63) is 59.9 Å². The second-order valence-electron chi connectivity index (χ2n) is 7.81. The lowest BCUT2D eigenvalue weighted by Gasteiger charge is -2.33. The number of amides is 1. The van der Waals surface area contributed by atoms with E-state index in [2.05, 4.69) is 4.72 Å². The molecular formula is C22H25FN2O4S. The number of sulfonamides is 1. The molecule has 4 rings (SSSR count). The zero-order valence-corrected chi connectivity index (χ0v) is 17.4. The van der Waals surface area contributed by atoms with Crippen molar-refractivity contribution in [2.45, 2.75) is 49.1 Å². The van der Waals surface area contributed by atoms with Crippen LogP contribution in [0.2, 0.25) is 0 Å². The van der Waals surface area contributed by atoms with Gasteiger partial charge in [-0.3, -0.25) is 4.79 Å². The Morgan fingerprint density at radius 1 is 1.00 bits per heavy atom. The third-order valence-corrected chi connectivity index (χ3v) is 7.23. The summed E-state index contributed by atoms with van der Waals surface area (Å²) in [6.07, 6.45) is 4.40. The highest BCUT2D eigenvalue weighted by Gasteiger charge is 2.29. The number of halogens is 1. The molecule has 2 aromatic carbocycles. The number of nitrogens with one attached hydrogen (secondary N) is 1. The lowest BCUT2D eigenvalue weighted by Crippen LogP contribution is -2.46. The molecule has 2 aromatic rings. The number of benzene rings is 2. The van der Waals surface area contributed by atoms with Gasteiger partial charge < -0.3 is 9.64 Å². The Morgan fingerprint density at radius 2 is 1.67 bits per heavy atom. The summed E-state index contributed by atoms with van der Waals surface area (Å²) in [7, 11) is -3.72. The summed E-state index contributed by atoms with van der Waals surface area (Å²) in [6, 6.07) is 11.8. The molecule has 30 heavy (non-hydrogen) atoms. The SMILES string of the molecule is O=C(c1ccccc1OC1CCC1)N1CCC(NS(=O)(=O)c2ccc(F)cc2)CC1.